The summed E-state index contributed by atoms with van der Waals surface area (Å²) in [6, 6.07) is 7.04. The predicted molar refractivity (Wildman–Crippen MR) is 77.7 cm³/mol. The minimum Gasteiger partial charge on any atom is -0.496 e. The lowest BCUT2D eigenvalue weighted by atomic mass is 10.3. The van der Waals surface area contributed by atoms with E-state index in [0.717, 1.165) is 14.7 Å². The summed E-state index contributed by atoms with van der Waals surface area (Å²) < 4.78 is 12.4. The highest BCUT2D eigenvalue weighted by Gasteiger charge is 2.09. The molecule has 2 rings (SSSR count). The second kappa shape index (κ2) is 5.91. The molecule has 18 heavy (non-hydrogen) atoms. The summed E-state index contributed by atoms with van der Waals surface area (Å²) in [4.78, 5) is 4.07. The number of pyridine rings is 1. The van der Waals surface area contributed by atoms with Crippen molar-refractivity contribution in [1.82, 2.24) is 4.98 Å². The number of aromatic nitrogens is 1. The van der Waals surface area contributed by atoms with Crippen molar-refractivity contribution in [1.29, 1.82) is 0 Å². The van der Waals surface area contributed by atoms with Gasteiger partial charge in [0.1, 0.15) is 11.5 Å². The maximum atomic E-state index is 5.76. The molecule has 0 saturated carbocycles. The van der Waals surface area contributed by atoms with Crippen LogP contribution in [0.3, 0.4) is 0 Å². The summed E-state index contributed by atoms with van der Waals surface area (Å²) in [7, 11) is 1.60. The van der Waals surface area contributed by atoms with Crippen molar-refractivity contribution < 1.29 is 9.47 Å². The molecule has 0 saturated heterocycles. The van der Waals surface area contributed by atoms with Crippen LogP contribution in [0, 0.1) is 0 Å². The van der Waals surface area contributed by atoms with Crippen LogP contribution in [0.1, 0.15) is 0 Å². The summed E-state index contributed by atoms with van der Waals surface area (Å²) in [6.45, 7) is 0. The number of benzene rings is 1. The lowest BCUT2D eigenvalue weighted by molar-refractivity contribution is 0.408. The van der Waals surface area contributed by atoms with Crippen LogP contribution < -0.4 is 9.47 Å². The number of rotatable bonds is 3. The fraction of sp³-hybridized carbons (Fsp3) is 0.0833. The molecule has 1 heterocycles. The monoisotopic (exact) mass is 391 g/mol. The Labute approximate surface area is 126 Å². The normalized spacial score (nSPS) is 10.2. The molecular formula is C12H8Br2ClNO2. The number of halogens is 3. The van der Waals surface area contributed by atoms with Gasteiger partial charge in [0.05, 0.1) is 21.1 Å². The highest BCUT2D eigenvalue weighted by Crippen LogP contribution is 2.37. The van der Waals surface area contributed by atoms with Gasteiger partial charge in [0.25, 0.3) is 0 Å². The maximum absolute atomic E-state index is 5.76. The second-order valence-electron chi connectivity index (χ2n) is 3.33. The standard InChI is InChI=1S/C12H8Br2ClNO2/c1-17-10-4-9(14)11(5-8(10)13)18-12-3-2-7(15)6-16-12/h2-6H,1H3. The van der Waals surface area contributed by atoms with E-state index in [2.05, 4.69) is 36.8 Å². The van der Waals surface area contributed by atoms with Crippen molar-refractivity contribution in [3.05, 3.63) is 44.4 Å². The average Bonchev–Trinajstić information content (AvgIpc) is 2.36. The Morgan fingerprint density at radius 3 is 2.39 bits per heavy atom. The van der Waals surface area contributed by atoms with Crippen LogP contribution in [-0.2, 0) is 0 Å². The van der Waals surface area contributed by atoms with Crippen LogP contribution >= 0.6 is 43.5 Å². The summed E-state index contributed by atoms with van der Waals surface area (Å²) >= 11 is 12.6. The van der Waals surface area contributed by atoms with Gasteiger partial charge in [-0.05, 0) is 50.1 Å². The van der Waals surface area contributed by atoms with Crippen molar-refractivity contribution >= 4 is 43.5 Å². The van der Waals surface area contributed by atoms with Gasteiger partial charge in [0, 0.05) is 12.3 Å². The quantitative estimate of drug-likeness (QED) is 0.730. The number of ether oxygens (including phenoxy) is 2. The van der Waals surface area contributed by atoms with Gasteiger partial charge in [-0.2, -0.15) is 0 Å². The molecule has 0 aliphatic carbocycles. The molecule has 0 radical (unpaired) electrons. The number of hydrogen-bond acceptors (Lipinski definition) is 3. The Morgan fingerprint density at radius 1 is 1.11 bits per heavy atom. The van der Waals surface area contributed by atoms with Crippen LogP contribution in [0.15, 0.2) is 39.4 Å². The smallest absolute Gasteiger partial charge is 0.219 e. The first kappa shape index (κ1) is 13.6. The van der Waals surface area contributed by atoms with Gasteiger partial charge >= 0.3 is 0 Å². The molecule has 0 aliphatic rings. The van der Waals surface area contributed by atoms with E-state index >= 15 is 0 Å². The van der Waals surface area contributed by atoms with E-state index in [1.165, 1.54) is 6.20 Å². The van der Waals surface area contributed by atoms with E-state index in [-0.39, 0.29) is 0 Å². The highest BCUT2D eigenvalue weighted by molar-refractivity contribution is 9.11. The fourth-order valence-corrected chi connectivity index (χ4v) is 2.28. The lowest BCUT2D eigenvalue weighted by Crippen LogP contribution is -1.91. The van der Waals surface area contributed by atoms with Gasteiger partial charge in [0.2, 0.25) is 5.88 Å². The third-order valence-corrected chi connectivity index (χ3v) is 3.58. The average molecular weight is 393 g/mol. The zero-order valence-electron chi connectivity index (χ0n) is 9.28. The molecule has 0 amide bonds. The molecule has 3 nitrogen and oxygen atoms in total. The summed E-state index contributed by atoms with van der Waals surface area (Å²) in [5.74, 6) is 1.83. The molecule has 0 atom stereocenters. The van der Waals surface area contributed by atoms with E-state index in [1.54, 1.807) is 25.3 Å². The van der Waals surface area contributed by atoms with Gasteiger partial charge < -0.3 is 9.47 Å². The number of methoxy groups -OCH3 is 1. The Kier molecular flexibility index (Phi) is 4.48. The van der Waals surface area contributed by atoms with Gasteiger partial charge in [-0.15, -0.1) is 0 Å². The highest BCUT2D eigenvalue weighted by atomic mass is 79.9. The van der Waals surface area contributed by atoms with Crippen molar-refractivity contribution in [2.45, 2.75) is 0 Å². The van der Waals surface area contributed by atoms with Gasteiger partial charge in [-0.3, -0.25) is 0 Å². The third kappa shape index (κ3) is 3.16. The molecule has 1 aromatic heterocycles. The van der Waals surface area contributed by atoms with Crippen molar-refractivity contribution in [3.8, 4) is 17.4 Å². The predicted octanol–water partition coefficient (Wildman–Crippen LogP) is 5.06. The molecule has 0 aliphatic heterocycles. The SMILES string of the molecule is COc1cc(Br)c(Oc2ccc(Cl)cn2)cc1Br. The molecule has 6 heteroatoms. The lowest BCUT2D eigenvalue weighted by Gasteiger charge is -2.10. The van der Waals surface area contributed by atoms with Crippen LogP contribution in [-0.4, -0.2) is 12.1 Å². The molecule has 0 fully saturated rings. The zero-order valence-corrected chi connectivity index (χ0v) is 13.2. The second-order valence-corrected chi connectivity index (χ2v) is 5.48. The Bertz CT molecular complexity index is 561. The first-order chi connectivity index (χ1) is 8.60. The summed E-state index contributed by atoms with van der Waals surface area (Å²) in [6.07, 6.45) is 1.53. The zero-order chi connectivity index (χ0) is 13.1. The molecule has 0 unspecified atom stereocenters. The maximum Gasteiger partial charge on any atom is 0.219 e. The fourth-order valence-electron chi connectivity index (χ4n) is 1.28. The Hall–Kier alpha value is -0.780. The van der Waals surface area contributed by atoms with Crippen LogP contribution in [0.2, 0.25) is 5.02 Å². The first-order valence-corrected chi connectivity index (χ1v) is 6.89. The minimum atomic E-state index is 0.470. The molecule has 0 bridgehead atoms. The topological polar surface area (TPSA) is 31.4 Å². The van der Waals surface area contributed by atoms with Crippen molar-refractivity contribution in [3.63, 3.8) is 0 Å². The first-order valence-electron chi connectivity index (χ1n) is 4.92. The van der Waals surface area contributed by atoms with Gasteiger partial charge in [-0.1, -0.05) is 11.6 Å². The molecular weight excluding hydrogens is 385 g/mol. The minimum absolute atomic E-state index is 0.470. The van der Waals surface area contributed by atoms with E-state index in [1.807, 2.05) is 6.07 Å². The number of nitrogens with zero attached hydrogens (tertiary/aromatic N) is 1. The molecule has 0 N–H and O–H groups in total. The molecule has 1 aromatic carbocycles. The van der Waals surface area contributed by atoms with E-state index in [0.29, 0.717) is 16.7 Å². The Balaban J connectivity index is 2.29. The summed E-state index contributed by atoms with van der Waals surface area (Å²) in [5.41, 5.74) is 0. The van der Waals surface area contributed by atoms with Crippen LogP contribution in [0.4, 0.5) is 0 Å². The summed E-state index contributed by atoms with van der Waals surface area (Å²) in [5, 5.41) is 0.567. The molecule has 94 valence electrons. The van der Waals surface area contributed by atoms with Crippen molar-refractivity contribution in [2.75, 3.05) is 7.11 Å². The van der Waals surface area contributed by atoms with Gasteiger partial charge in [-0.25, -0.2) is 4.98 Å². The largest absolute Gasteiger partial charge is 0.496 e. The van der Waals surface area contributed by atoms with Gasteiger partial charge in [0.15, 0.2) is 0 Å². The molecule has 0 spiro atoms. The van der Waals surface area contributed by atoms with E-state index in [4.69, 9.17) is 21.1 Å². The van der Waals surface area contributed by atoms with E-state index in [9.17, 15) is 0 Å². The number of hydrogen-bond donors (Lipinski definition) is 0. The van der Waals surface area contributed by atoms with Crippen LogP contribution in [0.25, 0.3) is 0 Å². The van der Waals surface area contributed by atoms with Crippen LogP contribution in [0.5, 0.6) is 17.4 Å². The third-order valence-electron chi connectivity index (χ3n) is 2.12. The Morgan fingerprint density at radius 2 is 1.78 bits per heavy atom. The van der Waals surface area contributed by atoms with E-state index < -0.39 is 0 Å². The molecule has 2 aromatic rings. The van der Waals surface area contributed by atoms with Crippen molar-refractivity contribution in [2.24, 2.45) is 0 Å².